The van der Waals surface area contributed by atoms with E-state index in [4.69, 9.17) is 56.8 Å². The summed E-state index contributed by atoms with van der Waals surface area (Å²) in [7, 11) is 0. The fourth-order valence-corrected chi connectivity index (χ4v) is 18.7. The topological polar surface area (TPSA) is 489 Å². The number of aliphatic carboxylic acids is 1. The van der Waals surface area contributed by atoms with E-state index < -0.39 is 244 Å². The Hall–Kier alpha value is -2.40. The average molecular weight is 1350 g/mol. The molecule has 538 valence electrons. The third-order valence-electron chi connectivity index (χ3n) is 24.4. The molecule has 6 aliphatic heterocycles. The van der Waals surface area contributed by atoms with Crippen molar-refractivity contribution in [1.29, 1.82) is 0 Å². The second kappa shape index (κ2) is 26.8. The van der Waals surface area contributed by atoms with E-state index in [1.165, 1.54) is 6.92 Å². The van der Waals surface area contributed by atoms with E-state index in [9.17, 15) is 91.6 Å². The molecule has 36 atom stereocenters. The number of carbonyl (C=O) groups excluding carboxylic acids is 1. The molecule has 0 unspecified atom stereocenters. The molecule has 11 aliphatic rings. The third-order valence-corrected chi connectivity index (χ3v) is 24.4. The zero-order chi connectivity index (χ0) is 68.6. The monoisotopic (exact) mass is 1350 g/mol. The molecule has 0 aromatic heterocycles. The van der Waals surface area contributed by atoms with Crippen LogP contribution in [0.1, 0.15) is 113 Å². The van der Waals surface area contributed by atoms with Crippen LogP contribution in [0, 0.1) is 50.2 Å². The van der Waals surface area contributed by atoms with Gasteiger partial charge in [-0.15, -0.1) is 0 Å². The van der Waals surface area contributed by atoms with Crippen molar-refractivity contribution in [1.82, 2.24) is 0 Å². The van der Waals surface area contributed by atoms with Gasteiger partial charge in [0.15, 0.2) is 43.7 Å². The molecule has 6 heterocycles. The van der Waals surface area contributed by atoms with Crippen molar-refractivity contribution < 1.29 is 153 Å². The SMILES string of the molecule is C[C@@H]1O[C@H](O[C@H]2[C@H](OC(=O)[C@]34CCC(C)(C)C[C@H]3C3=CC[C@@H]5[C@@]6(C)CC[C@H](O[C@@H]7O[C@H](C(=O)O)[C@@H](O)[C@H](O[C@@H]8OC[C@@H](O)[C@H](O)[C@H]8O)[C@H]7O)C(C)(C)[C@@H]6CC[C@@]5(C)[C@]3(C)C[C@H]4O)OC[C@H](O[C@@H]3O[C@H](CO)[C@@H](O)[C@H](O)[C@H]3O)[C@@H]2O)[C@H](O)[C@H](O)[C@H]1O[C@@H]1OC[C@@H](O)[C@H](O)[C@H]1O. The number of aliphatic hydroxyl groups is 16. The van der Waals surface area contributed by atoms with Gasteiger partial charge in [0.1, 0.15) is 115 Å². The Bertz CT molecular complexity index is 2710. The van der Waals surface area contributed by atoms with Gasteiger partial charge < -0.3 is 144 Å². The van der Waals surface area contributed by atoms with Crippen LogP contribution in [0.4, 0.5) is 0 Å². The minimum absolute atomic E-state index is 0.00433. The van der Waals surface area contributed by atoms with Crippen LogP contribution in [0.15, 0.2) is 11.6 Å². The lowest BCUT2D eigenvalue weighted by Gasteiger charge is -2.71. The molecule has 5 aliphatic carbocycles. The van der Waals surface area contributed by atoms with Crippen molar-refractivity contribution in [3.63, 3.8) is 0 Å². The van der Waals surface area contributed by atoms with Gasteiger partial charge in [-0.25, -0.2) is 4.79 Å². The van der Waals surface area contributed by atoms with Crippen LogP contribution < -0.4 is 0 Å². The summed E-state index contributed by atoms with van der Waals surface area (Å²) in [4.78, 5) is 28.3. The van der Waals surface area contributed by atoms with Crippen LogP contribution in [-0.2, 0) is 66.4 Å². The number of carbonyl (C=O) groups is 2. The highest BCUT2D eigenvalue weighted by atomic mass is 16.8. The van der Waals surface area contributed by atoms with Crippen LogP contribution in [-0.4, -0.2) is 303 Å². The highest BCUT2D eigenvalue weighted by Gasteiger charge is 2.72. The number of aliphatic hydroxyl groups excluding tert-OH is 16. The van der Waals surface area contributed by atoms with Gasteiger partial charge in [-0.3, -0.25) is 4.79 Å². The van der Waals surface area contributed by atoms with Crippen molar-refractivity contribution in [2.24, 2.45) is 50.2 Å². The molecular weight excluding hydrogens is 1250 g/mol. The molecule has 0 bridgehead atoms. The maximum Gasteiger partial charge on any atom is 0.335 e. The van der Waals surface area contributed by atoms with Gasteiger partial charge in [-0.05, 0) is 110 Å². The van der Waals surface area contributed by atoms with Crippen LogP contribution in [0.5, 0.6) is 0 Å². The molecule has 0 aromatic rings. The Labute approximate surface area is 543 Å². The summed E-state index contributed by atoms with van der Waals surface area (Å²) < 4.78 is 71.2. The van der Waals surface area contributed by atoms with Crippen LogP contribution >= 0.6 is 0 Å². The lowest BCUT2D eigenvalue weighted by Crippen LogP contribution is -2.68. The van der Waals surface area contributed by atoms with Crippen molar-refractivity contribution in [3.8, 4) is 0 Å². The number of fused-ring (bicyclic) bond motifs is 7. The lowest BCUT2D eigenvalue weighted by atomic mass is 9.33. The summed E-state index contributed by atoms with van der Waals surface area (Å²) in [5.74, 6) is -3.13. The summed E-state index contributed by atoms with van der Waals surface area (Å²) in [6, 6.07) is 0. The first-order valence-electron chi connectivity index (χ1n) is 33.0. The van der Waals surface area contributed by atoms with Crippen molar-refractivity contribution in [3.05, 3.63) is 11.6 Å². The molecule has 0 aromatic carbocycles. The Kier molecular flexibility index (Phi) is 20.8. The summed E-state index contributed by atoms with van der Waals surface area (Å²) >= 11 is 0. The van der Waals surface area contributed by atoms with E-state index in [1.807, 2.05) is 0 Å². The van der Waals surface area contributed by atoms with E-state index in [0.29, 0.717) is 44.9 Å². The Morgan fingerprint density at radius 3 is 1.73 bits per heavy atom. The third kappa shape index (κ3) is 12.3. The van der Waals surface area contributed by atoms with E-state index in [0.717, 1.165) is 5.57 Å². The number of hydrogen-bond acceptors (Lipinski definition) is 30. The molecule has 31 nitrogen and oxygen atoms in total. The van der Waals surface area contributed by atoms with E-state index >= 15 is 4.79 Å². The smallest absolute Gasteiger partial charge is 0.335 e. The van der Waals surface area contributed by atoms with Gasteiger partial charge in [0, 0.05) is 0 Å². The zero-order valence-corrected chi connectivity index (χ0v) is 54.1. The van der Waals surface area contributed by atoms with Gasteiger partial charge in [0.05, 0.1) is 44.7 Å². The van der Waals surface area contributed by atoms with Gasteiger partial charge in [-0.2, -0.15) is 0 Å². The number of rotatable bonds is 14. The maximum atomic E-state index is 15.8. The Morgan fingerprint density at radius 2 is 1.11 bits per heavy atom. The number of hydrogen-bond donors (Lipinski definition) is 17. The molecule has 10 fully saturated rings. The van der Waals surface area contributed by atoms with Crippen LogP contribution in [0.3, 0.4) is 0 Å². The first-order valence-corrected chi connectivity index (χ1v) is 33.0. The first-order chi connectivity index (χ1) is 44.0. The fraction of sp³-hybridized carbons (Fsp3) is 0.937. The normalized spacial score (nSPS) is 54.2. The standard InChI is InChI=1S/C63H100O31/c1-23-46(90-51-40(74)34(68)26(65)20-83-51)39(73)43(77)53(86-23)93-49-37(71)29(88-54-42(76)38(72)36(70)28(19-64)87-54)22-85-56(49)94-57(82)63-16-15-58(2,3)17-25(63)24-9-10-31-60(6)13-12-33(59(4,5)30(60)11-14-61(31,7)62(24,8)18-32(63)67)89-55-45(79)47(44(78)48(92-55)50(80)81)91-52-41(75)35(69)27(66)21-84-52/h9,23,25-49,51-56,64-79H,10-22H2,1-8H3,(H,80,81)/t23-,25-,26+,27+,28+,29-,30-,31+,32+,33-,34-,35-,36+,37-,38-,39-,40+,41+,42+,43+,44-,45+,46-,47-,48-,49+,51-,52-,53+,54-,55+,56-,60-,61+,62+,63+/m0/s1. The number of esters is 1. The first kappa shape index (κ1) is 72.8. The number of allylic oxidation sites excluding steroid dienone is 2. The highest BCUT2D eigenvalue weighted by Crippen LogP contribution is 2.76. The minimum atomic E-state index is -2.03. The molecule has 31 heteroatoms. The van der Waals surface area contributed by atoms with Gasteiger partial charge in [-0.1, -0.05) is 60.1 Å². The van der Waals surface area contributed by atoms with E-state index in [1.54, 1.807) is 0 Å². The van der Waals surface area contributed by atoms with Crippen LogP contribution in [0.25, 0.3) is 0 Å². The largest absolute Gasteiger partial charge is 0.479 e. The predicted molar refractivity (Wildman–Crippen MR) is 311 cm³/mol. The summed E-state index contributed by atoms with van der Waals surface area (Å²) in [6.07, 6.45) is -42.4. The highest BCUT2D eigenvalue weighted by molar-refractivity contribution is 5.80. The molecule has 0 spiro atoms. The van der Waals surface area contributed by atoms with E-state index in [2.05, 4.69) is 54.5 Å². The van der Waals surface area contributed by atoms with Crippen molar-refractivity contribution in [2.45, 2.75) is 291 Å². The second-order valence-electron chi connectivity index (χ2n) is 30.7. The number of ether oxygens (including phenoxy) is 12. The molecule has 94 heavy (non-hydrogen) atoms. The van der Waals surface area contributed by atoms with Gasteiger partial charge in [0.25, 0.3) is 0 Å². The summed E-state index contributed by atoms with van der Waals surface area (Å²) in [5.41, 5.74) is -3.25. The average Bonchev–Trinajstić information content (AvgIpc) is 0.672. The molecule has 6 saturated heterocycles. The lowest BCUT2D eigenvalue weighted by molar-refractivity contribution is -0.379. The predicted octanol–water partition coefficient (Wildman–Crippen LogP) is -4.38. The number of carboxylic acids is 1. The van der Waals surface area contributed by atoms with Gasteiger partial charge in [0.2, 0.25) is 6.29 Å². The number of carboxylic acid groups (broad SMARTS) is 1. The molecule has 4 saturated carbocycles. The molecule has 11 rings (SSSR count). The molecular formula is C63H100O31. The fourth-order valence-electron chi connectivity index (χ4n) is 18.7. The minimum Gasteiger partial charge on any atom is -0.479 e. The van der Waals surface area contributed by atoms with Crippen LogP contribution in [0.2, 0.25) is 0 Å². The Morgan fingerprint density at radius 1 is 0.532 bits per heavy atom. The van der Waals surface area contributed by atoms with Gasteiger partial charge >= 0.3 is 11.9 Å². The molecule has 0 radical (unpaired) electrons. The maximum absolute atomic E-state index is 15.8. The van der Waals surface area contributed by atoms with Crippen molar-refractivity contribution >= 4 is 11.9 Å². The molecule has 17 N–H and O–H groups in total. The van der Waals surface area contributed by atoms with Crippen molar-refractivity contribution in [2.75, 3.05) is 26.4 Å². The zero-order valence-electron chi connectivity index (χ0n) is 54.1. The quantitative estimate of drug-likeness (QED) is 0.0444. The summed E-state index contributed by atoms with van der Waals surface area (Å²) in [6.45, 7) is 14.1. The van der Waals surface area contributed by atoms with E-state index in [-0.39, 0.29) is 35.5 Å². The summed E-state index contributed by atoms with van der Waals surface area (Å²) in [5, 5.41) is 186. The molecule has 0 amide bonds. The second-order valence-corrected chi connectivity index (χ2v) is 30.7. The Balaban J connectivity index is 0.841.